The highest BCUT2D eigenvalue weighted by molar-refractivity contribution is 5.85. The van der Waals surface area contributed by atoms with Gasteiger partial charge in [-0.3, -0.25) is 4.79 Å². The van der Waals surface area contributed by atoms with Crippen LogP contribution in [0.4, 0.5) is 0 Å². The fraction of sp³-hybridized carbons (Fsp3) is 0.952. The van der Waals surface area contributed by atoms with Crippen LogP contribution in [-0.2, 0) is 4.79 Å². The van der Waals surface area contributed by atoms with Gasteiger partial charge in [-0.15, -0.1) is 12.4 Å². The van der Waals surface area contributed by atoms with E-state index in [-0.39, 0.29) is 18.3 Å². The smallest absolute Gasteiger partial charge is 0.221 e. The summed E-state index contributed by atoms with van der Waals surface area (Å²) >= 11 is 0. The number of carbonyl (C=O) groups excluding carboxylic acids is 1. The summed E-state index contributed by atoms with van der Waals surface area (Å²) in [6.45, 7) is 3.55. The fourth-order valence-corrected chi connectivity index (χ4v) is 3.12. The second-order valence-corrected chi connectivity index (χ2v) is 7.19. The summed E-state index contributed by atoms with van der Waals surface area (Å²) in [4.78, 5) is 11.2. The SMILES string of the molecule is CCCCCCCCCCCCCCCCCCNC(=O)CCN.Cl. The maximum Gasteiger partial charge on any atom is 0.221 e. The van der Waals surface area contributed by atoms with Crippen molar-refractivity contribution in [1.82, 2.24) is 5.32 Å². The molecule has 0 aromatic rings. The summed E-state index contributed by atoms with van der Waals surface area (Å²) in [5.74, 6) is 0.0958. The van der Waals surface area contributed by atoms with Crippen molar-refractivity contribution in [1.29, 1.82) is 0 Å². The number of hydrogen-bond acceptors (Lipinski definition) is 2. The van der Waals surface area contributed by atoms with Crippen molar-refractivity contribution in [2.45, 2.75) is 116 Å². The third kappa shape index (κ3) is 23.7. The molecule has 0 spiro atoms. The van der Waals surface area contributed by atoms with Gasteiger partial charge < -0.3 is 11.1 Å². The molecule has 0 atom stereocenters. The number of hydrogen-bond donors (Lipinski definition) is 2. The molecular weight excluding hydrogens is 332 g/mol. The number of amides is 1. The Hall–Kier alpha value is -0.280. The van der Waals surface area contributed by atoms with Gasteiger partial charge >= 0.3 is 0 Å². The third-order valence-corrected chi connectivity index (χ3v) is 4.72. The molecule has 152 valence electrons. The van der Waals surface area contributed by atoms with Crippen molar-refractivity contribution in [3.63, 3.8) is 0 Å². The van der Waals surface area contributed by atoms with Gasteiger partial charge in [-0.25, -0.2) is 0 Å². The molecule has 3 N–H and O–H groups in total. The molecule has 0 aliphatic carbocycles. The van der Waals surface area contributed by atoms with Gasteiger partial charge in [0.15, 0.2) is 0 Å². The Bertz CT molecular complexity index is 262. The molecule has 0 radical (unpaired) electrons. The molecule has 0 bridgehead atoms. The van der Waals surface area contributed by atoms with Crippen molar-refractivity contribution in [3.8, 4) is 0 Å². The van der Waals surface area contributed by atoms with Gasteiger partial charge in [0, 0.05) is 19.5 Å². The number of unbranched alkanes of at least 4 members (excludes halogenated alkanes) is 15. The summed E-state index contributed by atoms with van der Waals surface area (Å²) < 4.78 is 0. The Balaban J connectivity index is 0. The van der Waals surface area contributed by atoms with Crippen LogP contribution in [0.3, 0.4) is 0 Å². The van der Waals surface area contributed by atoms with Gasteiger partial charge in [-0.05, 0) is 6.42 Å². The summed E-state index contributed by atoms with van der Waals surface area (Å²) in [6, 6.07) is 0. The van der Waals surface area contributed by atoms with Gasteiger partial charge in [0.2, 0.25) is 5.91 Å². The first-order valence-electron chi connectivity index (χ1n) is 10.8. The standard InChI is InChI=1S/C21H44N2O.ClH/c1-2-3-4-5-6-7-8-9-10-11-12-13-14-15-16-17-20-23-21(24)18-19-22;/h2-20,22H2,1H3,(H,23,24);1H. The van der Waals surface area contributed by atoms with Crippen LogP contribution in [0.25, 0.3) is 0 Å². The van der Waals surface area contributed by atoms with Crippen LogP contribution in [-0.4, -0.2) is 19.0 Å². The first kappa shape index (κ1) is 26.9. The normalized spacial score (nSPS) is 10.5. The quantitative estimate of drug-likeness (QED) is 0.266. The first-order chi connectivity index (χ1) is 11.8. The number of nitrogens with one attached hydrogen (secondary N) is 1. The first-order valence-corrected chi connectivity index (χ1v) is 10.8. The van der Waals surface area contributed by atoms with Crippen molar-refractivity contribution < 1.29 is 4.79 Å². The lowest BCUT2D eigenvalue weighted by molar-refractivity contribution is -0.120. The zero-order chi connectivity index (χ0) is 17.7. The average molecular weight is 377 g/mol. The van der Waals surface area contributed by atoms with E-state index in [9.17, 15) is 4.79 Å². The van der Waals surface area contributed by atoms with Crippen LogP contribution >= 0.6 is 12.4 Å². The predicted octanol–water partition coefficient (Wildman–Crippen LogP) is 6.13. The molecule has 0 rings (SSSR count). The number of nitrogens with two attached hydrogens (primary N) is 1. The van der Waals surface area contributed by atoms with Gasteiger partial charge in [0.1, 0.15) is 0 Å². The zero-order valence-electron chi connectivity index (χ0n) is 16.8. The van der Waals surface area contributed by atoms with E-state index in [0.717, 1.165) is 13.0 Å². The largest absolute Gasteiger partial charge is 0.356 e. The van der Waals surface area contributed by atoms with Crippen LogP contribution in [0, 0.1) is 0 Å². The van der Waals surface area contributed by atoms with Gasteiger partial charge in [-0.2, -0.15) is 0 Å². The molecule has 3 nitrogen and oxygen atoms in total. The van der Waals surface area contributed by atoms with E-state index < -0.39 is 0 Å². The van der Waals surface area contributed by atoms with Crippen LogP contribution < -0.4 is 11.1 Å². The van der Waals surface area contributed by atoms with Crippen LogP contribution in [0.5, 0.6) is 0 Å². The lowest BCUT2D eigenvalue weighted by atomic mass is 10.0. The molecule has 0 aliphatic rings. The van der Waals surface area contributed by atoms with E-state index in [2.05, 4.69) is 12.2 Å². The Kier molecular flexibility index (Phi) is 25.6. The van der Waals surface area contributed by atoms with E-state index in [1.54, 1.807) is 0 Å². The second-order valence-electron chi connectivity index (χ2n) is 7.19. The van der Waals surface area contributed by atoms with Crippen LogP contribution in [0.15, 0.2) is 0 Å². The number of halogens is 1. The highest BCUT2D eigenvalue weighted by Gasteiger charge is 1.98. The minimum Gasteiger partial charge on any atom is -0.356 e. The lowest BCUT2D eigenvalue weighted by Gasteiger charge is -2.05. The van der Waals surface area contributed by atoms with Crippen molar-refractivity contribution >= 4 is 18.3 Å². The summed E-state index contributed by atoms with van der Waals surface area (Å²) in [5.41, 5.74) is 5.33. The van der Waals surface area contributed by atoms with Crippen molar-refractivity contribution in [2.24, 2.45) is 5.73 Å². The van der Waals surface area contributed by atoms with Gasteiger partial charge in [0.25, 0.3) is 0 Å². The van der Waals surface area contributed by atoms with Gasteiger partial charge in [-0.1, -0.05) is 103 Å². The molecule has 4 heteroatoms. The Morgan fingerprint density at radius 1 is 0.680 bits per heavy atom. The van der Waals surface area contributed by atoms with E-state index in [0.29, 0.717) is 13.0 Å². The third-order valence-electron chi connectivity index (χ3n) is 4.72. The summed E-state index contributed by atoms with van der Waals surface area (Å²) in [5, 5.41) is 2.91. The molecule has 0 unspecified atom stereocenters. The van der Waals surface area contributed by atoms with Crippen molar-refractivity contribution in [2.75, 3.05) is 13.1 Å². The maximum atomic E-state index is 11.2. The molecule has 0 fully saturated rings. The molecule has 0 aromatic carbocycles. The average Bonchev–Trinajstić information content (AvgIpc) is 2.58. The Labute approximate surface area is 163 Å². The maximum absolute atomic E-state index is 11.2. The molecular formula is C21H45ClN2O. The number of carbonyl (C=O) groups is 1. The molecule has 0 aliphatic heterocycles. The van der Waals surface area contributed by atoms with E-state index in [4.69, 9.17) is 5.73 Å². The Morgan fingerprint density at radius 3 is 1.40 bits per heavy atom. The van der Waals surface area contributed by atoms with E-state index >= 15 is 0 Å². The lowest BCUT2D eigenvalue weighted by Crippen LogP contribution is -2.26. The molecule has 0 saturated carbocycles. The van der Waals surface area contributed by atoms with Crippen molar-refractivity contribution in [3.05, 3.63) is 0 Å². The summed E-state index contributed by atoms with van der Waals surface area (Å²) in [7, 11) is 0. The predicted molar refractivity (Wildman–Crippen MR) is 113 cm³/mol. The second kappa shape index (κ2) is 23.7. The molecule has 0 heterocycles. The molecule has 0 aromatic heterocycles. The molecule has 1 amide bonds. The number of rotatable bonds is 19. The highest BCUT2D eigenvalue weighted by atomic mass is 35.5. The zero-order valence-corrected chi connectivity index (χ0v) is 17.6. The summed E-state index contributed by atoms with van der Waals surface area (Å²) in [6.07, 6.45) is 22.6. The highest BCUT2D eigenvalue weighted by Crippen LogP contribution is 2.13. The van der Waals surface area contributed by atoms with Gasteiger partial charge in [0.05, 0.1) is 0 Å². The molecule has 0 saturated heterocycles. The van der Waals surface area contributed by atoms with Crippen LogP contribution in [0.2, 0.25) is 0 Å². The monoisotopic (exact) mass is 376 g/mol. The van der Waals surface area contributed by atoms with Crippen LogP contribution in [0.1, 0.15) is 116 Å². The van der Waals surface area contributed by atoms with E-state index in [1.165, 1.54) is 96.3 Å². The minimum absolute atomic E-state index is 0. The fourth-order valence-electron chi connectivity index (χ4n) is 3.12. The minimum atomic E-state index is 0. The molecule has 25 heavy (non-hydrogen) atoms. The van der Waals surface area contributed by atoms with E-state index in [1.807, 2.05) is 0 Å². The Morgan fingerprint density at radius 2 is 1.04 bits per heavy atom. The topological polar surface area (TPSA) is 55.1 Å².